The van der Waals surface area contributed by atoms with Gasteiger partial charge in [-0.05, 0) is 41.4 Å². The molecule has 3 aromatic rings. The zero-order chi connectivity index (χ0) is 19.9. The minimum atomic E-state index is -2.93. The molecule has 0 saturated heterocycles. The maximum atomic E-state index is 13.1. The fraction of sp³-hybridized carbons (Fsp3) is 0.150. The Morgan fingerprint density at radius 2 is 1.82 bits per heavy atom. The molecule has 3 rings (SSSR count). The highest BCUT2D eigenvalue weighted by atomic mass is 32.1. The van der Waals surface area contributed by atoms with Crippen LogP contribution in [0.5, 0.6) is 5.75 Å². The molecule has 2 heterocycles. The SMILES string of the molecule is O=C(c1ccc(OC(F)F)cc1)[C@@H](C([S-])=NCc1ccco1)[n+]1ccccc1. The van der Waals surface area contributed by atoms with E-state index in [4.69, 9.17) is 17.0 Å². The molecule has 5 nitrogen and oxygen atoms in total. The molecule has 0 aliphatic rings. The van der Waals surface area contributed by atoms with E-state index in [1.54, 1.807) is 41.2 Å². The van der Waals surface area contributed by atoms with Crippen LogP contribution in [0.2, 0.25) is 0 Å². The van der Waals surface area contributed by atoms with Crippen LogP contribution < -0.4 is 9.30 Å². The molecule has 2 aromatic heterocycles. The highest BCUT2D eigenvalue weighted by Gasteiger charge is 2.28. The van der Waals surface area contributed by atoms with Crippen molar-refractivity contribution in [2.24, 2.45) is 4.99 Å². The molecule has 0 fully saturated rings. The van der Waals surface area contributed by atoms with E-state index in [9.17, 15) is 13.6 Å². The first-order valence-electron chi connectivity index (χ1n) is 8.33. The van der Waals surface area contributed by atoms with E-state index in [2.05, 4.69) is 9.73 Å². The van der Waals surface area contributed by atoms with E-state index in [1.807, 2.05) is 6.07 Å². The third-order valence-corrected chi connectivity index (χ3v) is 4.21. The third-order valence-electron chi connectivity index (χ3n) is 3.85. The predicted octanol–water partition coefficient (Wildman–Crippen LogP) is 3.74. The van der Waals surface area contributed by atoms with Gasteiger partial charge in [0.15, 0.2) is 12.4 Å². The smallest absolute Gasteiger partial charge is 0.387 e. The lowest BCUT2D eigenvalue weighted by atomic mass is 10.0. The summed E-state index contributed by atoms with van der Waals surface area (Å²) in [7, 11) is 0. The molecule has 0 aliphatic carbocycles. The van der Waals surface area contributed by atoms with Gasteiger partial charge in [-0.3, -0.25) is 4.79 Å². The standard InChI is InChI=1S/C20H16F2N2O3S/c21-20(22)27-15-8-6-14(7-9-15)18(25)17(24-10-2-1-3-11-24)19(28)23-13-16-5-4-12-26-16/h1-12,17,20H,13H2/t17-/m0/s1. The van der Waals surface area contributed by atoms with Gasteiger partial charge in [-0.1, -0.05) is 6.07 Å². The topological polar surface area (TPSA) is 55.7 Å². The van der Waals surface area contributed by atoms with Gasteiger partial charge in [-0.15, -0.1) is 0 Å². The lowest BCUT2D eigenvalue weighted by Crippen LogP contribution is -2.47. The highest BCUT2D eigenvalue weighted by molar-refractivity contribution is 7.77. The number of carbonyl (C=O) groups excluding carboxylic acids is 1. The second-order valence-electron chi connectivity index (χ2n) is 5.73. The zero-order valence-electron chi connectivity index (χ0n) is 14.6. The van der Waals surface area contributed by atoms with E-state index in [1.165, 1.54) is 30.5 Å². The molecule has 0 amide bonds. The largest absolute Gasteiger partial charge is 0.758 e. The number of halogens is 2. The molecule has 1 atom stereocenters. The second kappa shape index (κ2) is 9.18. The maximum Gasteiger partial charge on any atom is 0.387 e. The molecule has 0 bridgehead atoms. The summed E-state index contributed by atoms with van der Waals surface area (Å²) in [6.07, 6.45) is 4.96. The van der Waals surface area contributed by atoms with Crippen LogP contribution in [-0.4, -0.2) is 17.4 Å². The monoisotopic (exact) mass is 402 g/mol. The summed E-state index contributed by atoms with van der Waals surface area (Å²) in [4.78, 5) is 17.4. The van der Waals surface area contributed by atoms with Crippen molar-refractivity contribution in [2.45, 2.75) is 19.2 Å². The van der Waals surface area contributed by atoms with Gasteiger partial charge in [0.2, 0.25) is 11.8 Å². The van der Waals surface area contributed by atoms with Crippen molar-refractivity contribution in [3.8, 4) is 5.75 Å². The minimum absolute atomic E-state index is 0.0273. The van der Waals surface area contributed by atoms with Crippen molar-refractivity contribution in [2.75, 3.05) is 0 Å². The van der Waals surface area contributed by atoms with Gasteiger partial charge in [0.05, 0.1) is 12.8 Å². The summed E-state index contributed by atoms with van der Waals surface area (Å²) in [5, 5.41) is 0.186. The fourth-order valence-electron chi connectivity index (χ4n) is 2.56. The van der Waals surface area contributed by atoms with Crippen molar-refractivity contribution >= 4 is 23.5 Å². The quantitative estimate of drug-likeness (QED) is 0.189. The average molecular weight is 402 g/mol. The summed E-state index contributed by atoms with van der Waals surface area (Å²) in [5.74, 6) is 0.286. The number of rotatable bonds is 8. The zero-order valence-corrected chi connectivity index (χ0v) is 15.4. The number of aromatic nitrogens is 1. The molecule has 0 unspecified atom stereocenters. The molecule has 0 saturated carbocycles. The Kier molecular flexibility index (Phi) is 6.44. The lowest BCUT2D eigenvalue weighted by molar-refractivity contribution is -0.691. The van der Waals surface area contributed by atoms with Gasteiger partial charge >= 0.3 is 6.61 Å². The Morgan fingerprint density at radius 1 is 1.11 bits per heavy atom. The number of hydrogen-bond acceptors (Lipinski definition) is 5. The van der Waals surface area contributed by atoms with Crippen LogP contribution in [0.15, 0.2) is 82.7 Å². The van der Waals surface area contributed by atoms with E-state index < -0.39 is 12.7 Å². The minimum Gasteiger partial charge on any atom is -0.758 e. The highest BCUT2D eigenvalue weighted by Crippen LogP contribution is 2.18. The number of carbonyl (C=O) groups is 1. The molecular weight excluding hydrogens is 386 g/mol. The number of ether oxygens (including phenoxy) is 1. The van der Waals surface area contributed by atoms with Crippen molar-refractivity contribution in [1.82, 2.24) is 0 Å². The number of pyridine rings is 1. The van der Waals surface area contributed by atoms with Gasteiger partial charge < -0.3 is 26.8 Å². The summed E-state index contributed by atoms with van der Waals surface area (Å²) < 4.78 is 35.8. The first-order valence-corrected chi connectivity index (χ1v) is 8.74. The van der Waals surface area contributed by atoms with Gasteiger partial charge in [0.1, 0.15) is 11.5 Å². The molecule has 0 N–H and O–H groups in total. The molecule has 0 aliphatic heterocycles. The Bertz CT molecular complexity index is 930. The lowest BCUT2D eigenvalue weighted by Gasteiger charge is -2.18. The number of alkyl halides is 2. The summed E-state index contributed by atoms with van der Waals surface area (Å²) >= 11 is 5.42. The van der Waals surface area contributed by atoms with Crippen LogP contribution in [0.3, 0.4) is 0 Å². The van der Waals surface area contributed by atoms with Gasteiger partial charge in [0.25, 0.3) is 0 Å². The van der Waals surface area contributed by atoms with Crippen LogP contribution in [0.1, 0.15) is 22.2 Å². The Morgan fingerprint density at radius 3 is 2.43 bits per heavy atom. The molecule has 144 valence electrons. The Hall–Kier alpha value is -3.13. The van der Waals surface area contributed by atoms with E-state index >= 15 is 0 Å². The van der Waals surface area contributed by atoms with Crippen LogP contribution in [0, 0.1) is 0 Å². The molecule has 28 heavy (non-hydrogen) atoms. The second-order valence-corrected chi connectivity index (χ2v) is 6.14. The number of ketones is 1. The fourth-order valence-corrected chi connectivity index (χ4v) is 2.86. The van der Waals surface area contributed by atoms with Gasteiger partial charge in [0, 0.05) is 17.7 Å². The van der Waals surface area contributed by atoms with Crippen molar-refractivity contribution < 1.29 is 27.3 Å². The van der Waals surface area contributed by atoms with Crippen molar-refractivity contribution in [1.29, 1.82) is 0 Å². The van der Waals surface area contributed by atoms with E-state index in [0.29, 0.717) is 11.3 Å². The molecular formula is C20H16F2N2O3S. The number of aliphatic imine (C=N–C) groups is 1. The molecule has 0 spiro atoms. The Labute approximate surface area is 165 Å². The van der Waals surface area contributed by atoms with Crippen LogP contribution in [0.25, 0.3) is 0 Å². The third kappa shape index (κ3) is 4.98. The van der Waals surface area contributed by atoms with Crippen LogP contribution in [-0.2, 0) is 19.2 Å². The Balaban J connectivity index is 1.88. The van der Waals surface area contributed by atoms with Crippen LogP contribution in [0.4, 0.5) is 8.78 Å². The number of nitrogens with zero attached hydrogens (tertiary/aromatic N) is 2. The number of hydrogen-bond donors (Lipinski definition) is 0. The molecule has 1 aromatic carbocycles. The van der Waals surface area contributed by atoms with E-state index in [0.717, 1.165) is 0 Å². The summed E-state index contributed by atoms with van der Waals surface area (Å²) in [6, 6.07) is 13.5. The van der Waals surface area contributed by atoms with E-state index in [-0.39, 0.29) is 23.1 Å². The van der Waals surface area contributed by atoms with Gasteiger partial charge in [-0.25, -0.2) is 0 Å². The van der Waals surface area contributed by atoms with Crippen molar-refractivity contribution in [3.63, 3.8) is 0 Å². The number of Topliss-reactive ketones (excluding diaryl/α,β-unsaturated/α-hetero) is 1. The maximum absolute atomic E-state index is 13.1. The number of benzene rings is 1. The summed E-state index contributed by atoms with van der Waals surface area (Å²) in [5.41, 5.74) is 0.304. The molecule has 0 radical (unpaired) electrons. The normalized spacial score (nSPS) is 12.8. The summed E-state index contributed by atoms with van der Waals surface area (Å²) in [6.45, 7) is -2.72. The first kappa shape index (κ1) is 19.6. The average Bonchev–Trinajstić information content (AvgIpc) is 3.21. The first-order chi connectivity index (χ1) is 13.5. The van der Waals surface area contributed by atoms with Gasteiger partial charge in [-0.2, -0.15) is 13.3 Å². The van der Waals surface area contributed by atoms with Crippen molar-refractivity contribution in [3.05, 3.63) is 84.6 Å². The van der Waals surface area contributed by atoms with Crippen LogP contribution >= 0.6 is 0 Å². The number of furan rings is 1. The molecule has 8 heteroatoms. The predicted molar refractivity (Wildman–Crippen MR) is 100 cm³/mol.